The van der Waals surface area contributed by atoms with E-state index in [1.54, 1.807) is 31.2 Å². The van der Waals surface area contributed by atoms with Gasteiger partial charge in [-0.15, -0.1) is 0 Å². The third-order valence-corrected chi connectivity index (χ3v) is 3.05. The Kier molecular flexibility index (Phi) is 4.44. The standard InChI is InChI=1S/C14H15BrN2O3/c1-8(2)19-12-5-4-10(7-11(12)15)14(18)16-13-6-9(3)20-17-13/h4-8H,1-3H3,(H,16,17,18). The molecular weight excluding hydrogens is 324 g/mol. The molecule has 6 heteroatoms. The van der Waals surface area contributed by atoms with Gasteiger partial charge in [-0.2, -0.15) is 0 Å². The van der Waals surface area contributed by atoms with Gasteiger partial charge in [0.1, 0.15) is 11.5 Å². The summed E-state index contributed by atoms with van der Waals surface area (Å²) in [6.07, 6.45) is 0.0732. The van der Waals surface area contributed by atoms with E-state index in [1.807, 2.05) is 13.8 Å². The highest BCUT2D eigenvalue weighted by Crippen LogP contribution is 2.27. The molecular formula is C14H15BrN2O3. The van der Waals surface area contributed by atoms with Crippen LogP contribution in [0.3, 0.4) is 0 Å². The molecule has 0 aliphatic carbocycles. The summed E-state index contributed by atoms with van der Waals surface area (Å²) in [5, 5.41) is 6.38. The van der Waals surface area contributed by atoms with Crippen molar-refractivity contribution in [1.29, 1.82) is 0 Å². The molecule has 2 aromatic rings. The number of hydrogen-bond donors (Lipinski definition) is 1. The number of carbonyl (C=O) groups is 1. The summed E-state index contributed by atoms with van der Waals surface area (Å²) in [6.45, 7) is 5.65. The molecule has 0 saturated carbocycles. The molecule has 0 aliphatic heterocycles. The van der Waals surface area contributed by atoms with E-state index < -0.39 is 0 Å². The van der Waals surface area contributed by atoms with Gasteiger partial charge >= 0.3 is 0 Å². The molecule has 1 N–H and O–H groups in total. The summed E-state index contributed by atoms with van der Waals surface area (Å²) < 4.78 is 11.2. The molecule has 2 rings (SSSR count). The fourth-order valence-electron chi connectivity index (χ4n) is 1.61. The molecule has 106 valence electrons. The largest absolute Gasteiger partial charge is 0.490 e. The Labute approximate surface area is 125 Å². The van der Waals surface area contributed by atoms with Crippen molar-refractivity contribution in [2.75, 3.05) is 5.32 Å². The number of ether oxygens (including phenoxy) is 1. The van der Waals surface area contributed by atoms with Crippen LogP contribution in [-0.2, 0) is 0 Å². The maximum absolute atomic E-state index is 12.1. The minimum absolute atomic E-state index is 0.0732. The molecule has 0 radical (unpaired) electrons. The van der Waals surface area contributed by atoms with Gasteiger partial charge < -0.3 is 14.6 Å². The van der Waals surface area contributed by atoms with Crippen LogP contribution in [0, 0.1) is 6.92 Å². The van der Waals surface area contributed by atoms with Crippen molar-refractivity contribution in [3.63, 3.8) is 0 Å². The van der Waals surface area contributed by atoms with Crippen LogP contribution < -0.4 is 10.1 Å². The predicted octanol–water partition coefficient (Wildman–Crippen LogP) is 3.79. The third kappa shape index (κ3) is 3.60. The van der Waals surface area contributed by atoms with Gasteiger partial charge in [0.2, 0.25) is 0 Å². The van der Waals surface area contributed by atoms with Gasteiger partial charge in [-0.25, -0.2) is 0 Å². The third-order valence-electron chi connectivity index (χ3n) is 2.43. The molecule has 0 bridgehead atoms. The van der Waals surface area contributed by atoms with Crippen molar-refractivity contribution in [2.45, 2.75) is 26.9 Å². The van der Waals surface area contributed by atoms with Crippen LogP contribution in [0.2, 0.25) is 0 Å². The number of anilines is 1. The smallest absolute Gasteiger partial charge is 0.256 e. The zero-order valence-electron chi connectivity index (χ0n) is 11.4. The molecule has 1 aromatic carbocycles. The average Bonchev–Trinajstić information content (AvgIpc) is 2.76. The van der Waals surface area contributed by atoms with Crippen molar-refractivity contribution in [2.24, 2.45) is 0 Å². The first kappa shape index (κ1) is 14.6. The summed E-state index contributed by atoms with van der Waals surface area (Å²) >= 11 is 3.39. The number of hydrogen-bond acceptors (Lipinski definition) is 4. The first-order valence-corrected chi connectivity index (χ1v) is 6.96. The van der Waals surface area contributed by atoms with Crippen LogP contribution in [0.5, 0.6) is 5.75 Å². The number of carbonyl (C=O) groups excluding carboxylic acids is 1. The lowest BCUT2D eigenvalue weighted by molar-refractivity contribution is 0.102. The fraction of sp³-hybridized carbons (Fsp3) is 0.286. The second-order valence-electron chi connectivity index (χ2n) is 4.59. The van der Waals surface area contributed by atoms with Gasteiger partial charge in [0.25, 0.3) is 5.91 Å². The van der Waals surface area contributed by atoms with E-state index in [9.17, 15) is 4.79 Å². The zero-order chi connectivity index (χ0) is 14.7. The topological polar surface area (TPSA) is 64.4 Å². The minimum atomic E-state index is -0.255. The van der Waals surface area contributed by atoms with Crippen molar-refractivity contribution < 1.29 is 14.1 Å². The van der Waals surface area contributed by atoms with Crippen LogP contribution >= 0.6 is 15.9 Å². The Morgan fingerprint density at radius 2 is 2.15 bits per heavy atom. The summed E-state index contributed by atoms with van der Waals surface area (Å²) in [6, 6.07) is 6.82. The number of halogens is 1. The SMILES string of the molecule is Cc1cc(NC(=O)c2ccc(OC(C)C)c(Br)c2)no1. The maximum Gasteiger partial charge on any atom is 0.256 e. The second kappa shape index (κ2) is 6.09. The van der Waals surface area contributed by atoms with Gasteiger partial charge in [-0.05, 0) is 54.9 Å². The predicted molar refractivity (Wildman–Crippen MR) is 79.1 cm³/mol. The van der Waals surface area contributed by atoms with Gasteiger partial charge in [-0.1, -0.05) is 5.16 Å². The number of aromatic nitrogens is 1. The van der Waals surface area contributed by atoms with Crippen LogP contribution in [0.15, 0.2) is 33.3 Å². The quantitative estimate of drug-likeness (QED) is 0.921. The zero-order valence-corrected chi connectivity index (χ0v) is 13.0. The van der Waals surface area contributed by atoms with Crippen molar-refractivity contribution in [3.05, 3.63) is 40.1 Å². The molecule has 0 saturated heterocycles. The first-order chi connectivity index (χ1) is 9.45. The highest BCUT2D eigenvalue weighted by molar-refractivity contribution is 9.10. The Balaban J connectivity index is 2.12. The van der Waals surface area contributed by atoms with E-state index in [-0.39, 0.29) is 12.0 Å². The summed E-state index contributed by atoms with van der Waals surface area (Å²) in [7, 11) is 0. The van der Waals surface area contributed by atoms with Crippen molar-refractivity contribution in [1.82, 2.24) is 5.16 Å². The average molecular weight is 339 g/mol. The lowest BCUT2D eigenvalue weighted by Gasteiger charge is -2.12. The molecule has 1 amide bonds. The molecule has 0 spiro atoms. The Morgan fingerprint density at radius 1 is 1.40 bits per heavy atom. The highest BCUT2D eigenvalue weighted by Gasteiger charge is 2.12. The summed E-state index contributed by atoms with van der Waals surface area (Å²) in [5.41, 5.74) is 0.508. The molecule has 0 atom stereocenters. The number of nitrogens with one attached hydrogen (secondary N) is 1. The summed E-state index contributed by atoms with van der Waals surface area (Å²) in [5.74, 6) is 1.48. The molecule has 1 aromatic heterocycles. The maximum atomic E-state index is 12.1. The van der Waals surface area contributed by atoms with Crippen LogP contribution in [-0.4, -0.2) is 17.2 Å². The lowest BCUT2D eigenvalue weighted by Crippen LogP contribution is -2.12. The van der Waals surface area contributed by atoms with E-state index in [0.717, 1.165) is 4.47 Å². The number of aryl methyl sites for hydroxylation is 1. The first-order valence-electron chi connectivity index (χ1n) is 6.16. The van der Waals surface area contributed by atoms with Gasteiger partial charge in [0.15, 0.2) is 5.82 Å². The van der Waals surface area contributed by atoms with Crippen molar-refractivity contribution in [3.8, 4) is 5.75 Å². The van der Waals surface area contributed by atoms with Gasteiger partial charge in [0.05, 0.1) is 10.6 Å². The van der Waals surface area contributed by atoms with E-state index in [2.05, 4.69) is 26.4 Å². The number of benzene rings is 1. The Bertz CT molecular complexity index is 623. The molecule has 1 heterocycles. The number of rotatable bonds is 4. The van der Waals surface area contributed by atoms with Gasteiger partial charge in [0, 0.05) is 11.6 Å². The molecule has 0 aliphatic rings. The molecule has 20 heavy (non-hydrogen) atoms. The van der Waals surface area contributed by atoms with E-state index in [0.29, 0.717) is 22.9 Å². The van der Waals surface area contributed by atoms with Crippen LogP contribution in [0.1, 0.15) is 30.0 Å². The number of nitrogens with zero attached hydrogens (tertiary/aromatic N) is 1. The minimum Gasteiger partial charge on any atom is -0.490 e. The lowest BCUT2D eigenvalue weighted by atomic mass is 10.2. The Hall–Kier alpha value is -1.82. The van der Waals surface area contributed by atoms with E-state index in [4.69, 9.17) is 9.26 Å². The Morgan fingerprint density at radius 3 is 2.70 bits per heavy atom. The molecule has 0 unspecified atom stereocenters. The normalized spacial score (nSPS) is 10.7. The van der Waals surface area contributed by atoms with Crippen LogP contribution in [0.4, 0.5) is 5.82 Å². The monoisotopic (exact) mass is 338 g/mol. The van der Waals surface area contributed by atoms with Crippen molar-refractivity contribution >= 4 is 27.7 Å². The molecule has 0 fully saturated rings. The molecule has 5 nitrogen and oxygen atoms in total. The van der Waals surface area contributed by atoms with Gasteiger partial charge in [-0.3, -0.25) is 4.79 Å². The van der Waals surface area contributed by atoms with E-state index in [1.165, 1.54) is 0 Å². The highest BCUT2D eigenvalue weighted by atomic mass is 79.9. The second-order valence-corrected chi connectivity index (χ2v) is 5.44. The summed E-state index contributed by atoms with van der Waals surface area (Å²) in [4.78, 5) is 12.1. The van der Waals surface area contributed by atoms with E-state index >= 15 is 0 Å². The fourth-order valence-corrected chi connectivity index (χ4v) is 2.08. The number of amides is 1. The van der Waals surface area contributed by atoms with Crippen LogP contribution in [0.25, 0.3) is 0 Å².